The Kier molecular flexibility index (Phi) is 8.45. The SMILES string of the molecule is CN(C)CCNC(=O)C(Cc1c[nH]c2ccccc12)NC(=O)C1(CC(=O)OC(C)(C)C)Cc2ccccc2C1. The van der Waals surface area contributed by atoms with Gasteiger partial charge in [-0.05, 0) is 70.5 Å². The molecule has 3 N–H and O–H groups in total. The van der Waals surface area contributed by atoms with Gasteiger partial charge in [0.05, 0.1) is 11.8 Å². The largest absolute Gasteiger partial charge is 0.460 e. The molecule has 2 aromatic carbocycles. The molecule has 4 rings (SSSR count). The predicted molar refractivity (Wildman–Crippen MR) is 152 cm³/mol. The van der Waals surface area contributed by atoms with E-state index in [9.17, 15) is 14.4 Å². The Morgan fingerprint density at radius 1 is 1.03 bits per heavy atom. The summed E-state index contributed by atoms with van der Waals surface area (Å²) in [5, 5.41) is 7.04. The number of amides is 2. The molecule has 1 heterocycles. The average molecular weight is 533 g/mol. The lowest BCUT2D eigenvalue weighted by Crippen LogP contribution is -2.54. The molecule has 1 unspecified atom stereocenters. The van der Waals surface area contributed by atoms with E-state index in [0.29, 0.717) is 32.4 Å². The minimum atomic E-state index is -1.03. The van der Waals surface area contributed by atoms with E-state index in [1.807, 2.05) is 94.5 Å². The van der Waals surface area contributed by atoms with Crippen LogP contribution in [0.25, 0.3) is 10.9 Å². The first-order valence-electron chi connectivity index (χ1n) is 13.5. The number of esters is 1. The van der Waals surface area contributed by atoms with Crippen molar-refractivity contribution >= 4 is 28.7 Å². The molecule has 2 amide bonds. The van der Waals surface area contributed by atoms with Gasteiger partial charge in [0, 0.05) is 36.6 Å². The highest BCUT2D eigenvalue weighted by Crippen LogP contribution is 2.41. The molecule has 0 fully saturated rings. The number of hydrogen-bond donors (Lipinski definition) is 3. The predicted octanol–water partition coefficient (Wildman–Crippen LogP) is 3.39. The molecule has 1 aliphatic rings. The molecular weight excluding hydrogens is 492 g/mol. The van der Waals surface area contributed by atoms with Gasteiger partial charge in [-0.15, -0.1) is 0 Å². The van der Waals surface area contributed by atoms with Gasteiger partial charge in [0.15, 0.2) is 0 Å². The number of aromatic nitrogens is 1. The van der Waals surface area contributed by atoms with Gasteiger partial charge in [-0.2, -0.15) is 0 Å². The number of ether oxygens (including phenoxy) is 1. The number of fused-ring (bicyclic) bond motifs is 2. The second kappa shape index (κ2) is 11.6. The van der Waals surface area contributed by atoms with Gasteiger partial charge in [-0.3, -0.25) is 14.4 Å². The van der Waals surface area contributed by atoms with Gasteiger partial charge in [0.25, 0.3) is 0 Å². The molecule has 1 aliphatic carbocycles. The molecular formula is C31H40N4O4. The van der Waals surface area contributed by atoms with E-state index in [1.54, 1.807) is 0 Å². The van der Waals surface area contributed by atoms with Crippen LogP contribution in [0.1, 0.15) is 43.9 Å². The smallest absolute Gasteiger partial charge is 0.307 e. The lowest BCUT2D eigenvalue weighted by molar-refractivity contribution is -0.160. The summed E-state index contributed by atoms with van der Waals surface area (Å²) < 4.78 is 5.63. The topological polar surface area (TPSA) is 104 Å². The van der Waals surface area contributed by atoms with Crippen LogP contribution in [-0.4, -0.2) is 66.5 Å². The van der Waals surface area contributed by atoms with Crippen molar-refractivity contribution in [1.82, 2.24) is 20.5 Å². The molecule has 0 bridgehead atoms. The molecule has 0 saturated carbocycles. The summed E-state index contributed by atoms with van der Waals surface area (Å²) in [6, 6.07) is 15.0. The number of rotatable bonds is 10. The first-order chi connectivity index (χ1) is 18.5. The van der Waals surface area contributed by atoms with Crippen LogP contribution in [0.2, 0.25) is 0 Å². The normalized spacial score (nSPS) is 15.1. The standard InChI is InChI=1S/C31H40N4O4/c1-30(2,3)39-27(36)19-31(17-21-10-6-7-11-22(21)18-31)29(38)34-26(28(37)32-14-15-35(4)5)16-23-20-33-25-13-9-8-12-24(23)25/h6-13,20,26,33H,14-19H2,1-5H3,(H,32,37)(H,34,38). The zero-order valence-electron chi connectivity index (χ0n) is 23.6. The summed E-state index contributed by atoms with van der Waals surface area (Å²) in [4.78, 5) is 45.8. The van der Waals surface area contributed by atoms with E-state index in [0.717, 1.165) is 27.6 Å². The quantitative estimate of drug-likeness (QED) is 0.348. The highest BCUT2D eigenvalue weighted by Gasteiger charge is 2.47. The molecule has 0 radical (unpaired) electrons. The second-order valence-electron chi connectivity index (χ2n) is 11.8. The summed E-state index contributed by atoms with van der Waals surface area (Å²) in [7, 11) is 3.88. The van der Waals surface area contributed by atoms with E-state index in [2.05, 4.69) is 15.6 Å². The van der Waals surface area contributed by atoms with Gasteiger partial charge in [-0.25, -0.2) is 0 Å². The number of hydrogen-bond acceptors (Lipinski definition) is 5. The van der Waals surface area contributed by atoms with Gasteiger partial charge >= 0.3 is 5.97 Å². The van der Waals surface area contributed by atoms with Gasteiger partial charge in [0.1, 0.15) is 11.6 Å². The van der Waals surface area contributed by atoms with E-state index < -0.39 is 23.0 Å². The number of nitrogens with one attached hydrogen (secondary N) is 3. The average Bonchev–Trinajstić information content (AvgIpc) is 3.43. The summed E-state index contributed by atoms with van der Waals surface area (Å²) in [5.41, 5.74) is 2.30. The summed E-state index contributed by atoms with van der Waals surface area (Å²) in [5.74, 6) is -0.982. The highest BCUT2D eigenvalue weighted by molar-refractivity contribution is 5.94. The van der Waals surface area contributed by atoms with Crippen LogP contribution < -0.4 is 10.6 Å². The zero-order valence-corrected chi connectivity index (χ0v) is 23.6. The fraction of sp³-hybridized carbons (Fsp3) is 0.452. The monoisotopic (exact) mass is 532 g/mol. The Hall–Kier alpha value is -3.65. The maximum Gasteiger partial charge on any atom is 0.307 e. The number of aromatic amines is 1. The van der Waals surface area contributed by atoms with E-state index in [4.69, 9.17) is 4.74 Å². The van der Waals surface area contributed by atoms with Crippen LogP contribution in [0.15, 0.2) is 54.7 Å². The molecule has 3 aromatic rings. The van der Waals surface area contributed by atoms with Crippen molar-refractivity contribution in [2.24, 2.45) is 5.41 Å². The highest BCUT2D eigenvalue weighted by atomic mass is 16.6. The first-order valence-corrected chi connectivity index (χ1v) is 13.5. The van der Waals surface area contributed by atoms with Crippen molar-refractivity contribution in [3.8, 4) is 0 Å². The summed E-state index contributed by atoms with van der Waals surface area (Å²) in [6.07, 6.45) is 2.97. The molecule has 0 saturated heterocycles. The number of carbonyl (C=O) groups is 3. The first kappa shape index (κ1) is 28.4. The minimum Gasteiger partial charge on any atom is -0.460 e. The van der Waals surface area contributed by atoms with Crippen molar-refractivity contribution in [2.75, 3.05) is 27.2 Å². The Morgan fingerprint density at radius 2 is 1.67 bits per heavy atom. The van der Waals surface area contributed by atoms with E-state index in [-0.39, 0.29) is 18.2 Å². The van der Waals surface area contributed by atoms with Crippen LogP contribution >= 0.6 is 0 Å². The fourth-order valence-electron chi connectivity index (χ4n) is 5.28. The maximum absolute atomic E-state index is 14.1. The Morgan fingerprint density at radius 3 is 2.31 bits per heavy atom. The second-order valence-corrected chi connectivity index (χ2v) is 11.8. The Labute approximate surface area is 230 Å². The molecule has 0 spiro atoms. The summed E-state index contributed by atoms with van der Waals surface area (Å²) in [6.45, 7) is 6.58. The minimum absolute atomic E-state index is 0.0627. The van der Waals surface area contributed by atoms with Crippen molar-refractivity contribution in [1.29, 1.82) is 0 Å². The van der Waals surface area contributed by atoms with Crippen molar-refractivity contribution in [3.05, 3.63) is 71.4 Å². The van der Waals surface area contributed by atoms with Crippen LogP contribution in [0.3, 0.4) is 0 Å². The lowest BCUT2D eigenvalue weighted by Gasteiger charge is -2.31. The molecule has 8 heteroatoms. The number of carbonyl (C=O) groups excluding carboxylic acids is 3. The third-order valence-corrected chi connectivity index (χ3v) is 7.14. The molecule has 208 valence electrons. The lowest BCUT2D eigenvalue weighted by atomic mass is 9.79. The number of likely N-dealkylation sites (N-methyl/N-ethyl adjacent to an activating group) is 1. The zero-order chi connectivity index (χ0) is 28.2. The maximum atomic E-state index is 14.1. The van der Waals surface area contributed by atoms with Crippen LogP contribution in [0.5, 0.6) is 0 Å². The van der Waals surface area contributed by atoms with Crippen LogP contribution in [0, 0.1) is 5.41 Å². The number of nitrogens with zero attached hydrogens (tertiary/aromatic N) is 1. The number of benzene rings is 2. The van der Waals surface area contributed by atoms with Crippen molar-refractivity contribution < 1.29 is 19.1 Å². The van der Waals surface area contributed by atoms with Gasteiger partial charge in [-0.1, -0.05) is 42.5 Å². The van der Waals surface area contributed by atoms with Gasteiger partial charge < -0.3 is 25.3 Å². The molecule has 39 heavy (non-hydrogen) atoms. The van der Waals surface area contributed by atoms with E-state index >= 15 is 0 Å². The van der Waals surface area contributed by atoms with E-state index in [1.165, 1.54) is 0 Å². The molecule has 0 aliphatic heterocycles. The fourth-order valence-corrected chi connectivity index (χ4v) is 5.28. The third-order valence-electron chi connectivity index (χ3n) is 7.14. The third kappa shape index (κ3) is 7.06. The van der Waals surface area contributed by atoms with Crippen LogP contribution in [0.4, 0.5) is 0 Å². The number of para-hydroxylation sites is 1. The Balaban J connectivity index is 1.60. The van der Waals surface area contributed by atoms with Gasteiger partial charge in [0.2, 0.25) is 11.8 Å². The van der Waals surface area contributed by atoms with Crippen LogP contribution in [-0.2, 0) is 38.4 Å². The van der Waals surface area contributed by atoms with Crippen molar-refractivity contribution in [3.63, 3.8) is 0 Å². The molecule has 1 aromatic heterocycles. The van der Waals surface area contributed by atoms with Crippen molar-refractivity contribution in [2.45, 2.75) is 58.1 Å². The summed E-state index contributed by atoms with van der Waals surface area (Å²) >= 11 is 0. The molecule has 1 atom stereocenters. The Bertz CT molecular complexity index is 1310. The molecule has 8 nitrogen and oxygen atoms in total. The number of H-pyrrole nitrogens is 1.